The molecular formula is C29H23NO5. The second kappa shape index (κ2) is 7.94. The fourth-order valence-corrected chi connectivity index (χ4v) is 5.65. The van der Waals surface area contributed by atoms with E-state index in [1.165, 1.54) is 4.90 Å². The van der Waals surface area contributed by atoms with E-state index < -0.39 is 23.7 Å². The Labute approximate surface area is 202 Å². The average Bonchev–Trinajstić information content (AvgIpc) is 3.14. The fourth-order valence-electron chi connectivity index (χ4n) is 5.65. The van der Waals surface area contributed by atoms with E-state index in [1.807, 2.05) is 61.5 Å². The van der Waals surface area contributed by atoms with Crippen molar-refractivity contribution in [2.45, 2.75) is 12.8 Å². The molecule has 0 N–H and O–H groups in total. The van der Waals surface area contributed by atoms with Gasteiger partial charge in [-0.3, -0.25) is 14.4 Å². The SMILES string of the molecule is COc1ccc(N2C(=O)[C@@H]3[C@@H]4C(=O)Oc5cc(C)ccc5C4=C[C@@H](c4ccccc4)[C@H]3C2=O)cc1. The maximum Gasteiger partial charge on any atom is 0.319 e. The Morgan fingerprint density at radius 3 is 2.29 bits per heavy atom. The zero-order chi connectivity index (χ0) is 24.3. The van der Waals surface area contributed by atoms with E-state index in [0.29, 0.717) is 17.2 Å². The van der Waals surface area contributed by atoms with Gasteiger partial charge in [-0.05, 0) is 54.0 Å². The van der Waals surface area contributed by atoms with Crippen molar-refractivity contribution in [3.63, 3.8) is 0 Å². The molecular weight excluding hydrogens is 442 g/mol. The molecule has 1 fully saturated rings. The number of hydrogen-bond acceptors (Lipinski definition) is 5. The summed E-state index contributed by atoms with van der Waals surface area (Å²) in [5.41, 5.74) is 3.91. The lowest BCUT2D eigenvalue weighted by Crippen LogP contribution is -2.42. The first-order valence-corrected chi connectivity index (χ1v) is 11.6. The van der Waals surface area contributed by atoms with Gasteiger partial charge in [0.25, 0.3) is 0 Å². The number of carbonyl (C=O) groups excluding carboxylic acids is 3. The molecule has 3 aromatic rings. The molecule has 6 heteroatoms. The number of rotatable bonds is 3. The number of imide groups is 1. The highest BCUT2D eigenvalue weighted by atomic mass is 16.5. The Hall–Kier alpha value is -4.19. The quantitative estimate of drug-likeness (QED) is 0.323. The van der Waals surface area contributed by atoms with Crippen LogP contribution in [0.1, 0.15) is 22.6 Å². The zero-order valence-electron chi connectivity index (χ0n) is 19.3. The molecule has 0 saturated carbocycles. The minimum Gasteiger partial charge on any atom is -0.497 e. The van der Waals surface area contributed by atoms with Crippen molar-refractivity contribution in [2.75, 3.05) is 12.0 Å². The molecule has 0 aromatic heterocycles. The van der Waals surface area contributed by atoms with Crippen LogP contribution in [-0.2, 0) is 14.4 Å². The highest BCUT2D eigenvalue weighted by Crippen LogP contribution is 2.54. The molecule has 174 valence electrons. The number of ether oxygens (including phenoxy) is 2. The second-order valence-corrected chi connectivity index (χ2v) is 9.22. The van der Waals surface area contributed by atoms with Crippen molar-refractivity contribution in [2.24, 2.45) is 17.8 Å². The normalized spacial score (nSPS) is 24.8. The molecule has 4 atom stereocenters. The molecule has 3 aromatic carbocycles. The molecule has 1 aliphatic carbocycles. The molecule has 0 radical (unpaired) electrons. The van der Waals surface area contributed by atoms with Gasteiger partial charge in [0.1, 0.15) is 11.5 Å². The van der Waals surface area contributed by atoms with E-state index in [9.17, 15) is 14.4 Å². The zero-order valence-corrected chi connectivity index (χ0v) is 19.3. The lowest BCUT2D eigenvalue weighted by Gasteiger charge is -2.38. The molecule has 3 aliphatic rings. The largest absolute Gasteiger partial charge is 0.497 e. The van der Waals surface area contributed by atoms with Crippen LogP contribution in [0.4, 0.5) is 5.69 Å². The van der Waals surface area contributed by atoms with Crippen molar-refractivity contribution in [3.05, 3.63) is 95.6 Å². The predicted molar refractivity (Wildman–Crippen MR) is 130 cm³/mol. The van der Waals surface area contributed by atoms with Crippen LogP contribution in [0.3, 0.4) is 0 Å². The minimum absolute atomic E-state index is 0.308. The topological polar surface area (TPSA) is 72.9 Å². The van der Waals surface area contributed by atoms with Gasteiger partial charge in [0.15, 0.2) is 0 Å². The molecule has 6 nitrogen and oxygen atoms in total. The second-order valence-electron chi connectivity index (χ2n) is 9.22. The summed E-state index contributed by atoms with van der Waals surface area (Å²) in [5, 5.41) is 0. The highest BCUT2D eigenvalue weighted by Gasteiger charge is 2.60. The number of carbonyl (C=O) groups is 3. The number of fused-ring (bicyclic) bond motifs is 5. The number of methoxy groups -OCH3 is 1. The number of hydrogen-bond donors (Lipinski definition) is 0. The van der Waals surface area contributed by atoms with Gasteiger partial charge in [0.2, 0.25) is 11.8 Å². The Kier molecular flexibility index (Phi) is 4.85. The van der Waals surface area contributed by atoms with Crippen molar-refractivity contribution in [1.29, 1.82) is 0 Å². The van der Waals surface area contributed by atoms with E-state index in [2.05, 4.69) is 0 Å². The van der Waals surface area contributed by atoms with Gasteiger partial charge in [0.05, 0.1) is 30.6 Å². The summed E-state index contributed by atoms with van der Waals surface area (Å²) in [4.78, 5) is 42.3. The summed E-state index contributed by atoms with van der Waals surface area (Å²) in [6.07, 6.45) is 2.00. The third kappa shape index (κ3) is 3.21. The van der Waals surface area contributed by atoms with E-state index in [-0.39, 0.29) is 17.7 Å². The Balaban J connectivity index is 1.52. The van der Waals surface area contributed by atoms with Crippen molar-refractivity contribution in [1.82, 2.24) is 0 Å². The van der Waals surface area contributed by atoms with Gasteiger partial charge in [-0.15, -0.1) is 0 Å². The number of allylic oxidation sites excluding steroid dienone is 1. The molecule has 2 heterocycles. The molecule has 0 bridgehead atoms. The van der Waals surface area contributed by atoms with Crippen LogP contribution in [0.2, 0.25) is 0 Å². The monoisotopic (exact) mass is 465 g/mol. The number of benzene rings is 3. The number of anilines is 1. The standard InChI is InChI=1S/C29H23NO5/c1-16-8-13-20-22-15-21(17-6-4-3-5-7-17)24-26(25(22)29(33)35-23(20)14-16)28(32)30(27(24)31)18-9-11-19(34-2)12-10-18/h3-15,21,24-26H,1-2H3/t21-,24+,25+,26-/m0/s1. The molecule has 1 saturated heterocycles. The summed E-state index contributed by atoms with van der Waals surface area (Å²) in [7, 11) is 1.56. The van der Waals surface area contributed by atoms with Crippen LogP contribution in [0.5, 0.6) is 11.5 Å². The third-order valence-corrected chi connectivity index (χ3v) is 7.27. The van der Waals surface area contributed by atoms with Crippen LogP contribution in [0.25, 0.3) is 5.57 Å². The smallest absolute Gasteiger partial charge is 0.319 e. The van der Waals surface area contributed by atoms with Gasteiger partial charge in [0, 0.05) is 11.5 Å². The fraction of sp³-hybridized carbons (Fsp3) is 0.207. The number of aryl methyl sites for hydroxylation is 1. The Bertz CT molecular complexity index is 1390. The maximum absolute atomic E-state index is 13.9. The van der Waals surface area contributed by atoms with Crippen LogP contribution >= 0.6 is 0 Å². The van der Waals surface area contributed by atoms with Crippen molar-refractivity contribution < 1.29 is 23.9 Å². The highest BCUT2D eigenvalue weighted by molar-refractivity contribution is 6.24. The first-order chi connectivity index (χ1) is 17.0. The first-order valence-electron chi connectivity index (χ1n) is 11.6. The molecule has 2 amide bonds. The summed E-state index contributed by atoms with van der Waals surface area (Å²) in [6.45, 7) is 1.93. The minimum atomic E-state index is -0.850. The lowest BCUT2D eigenvalue weighted by atomic mass is 9.64. The summed E-state index contributed by atoms with van der Waals surface area (Å²) < 4.78 is 10.9. The molecule has 0 unspecified atom stereocenters. The van der Waals surface area contributed by atoms with Gasteiger partial charge in [-0.25, -0.2) is 4.90 Å². The predicted octanol–water partition coefficient (Wildman–Crippen LogP) is 4.53. The number of esters is 1. The van der Waals surface area contributed by atoms with Crippen LogP contribution < -0.4 is 14.4 Å². The van der Waals surface area contributed by atoms with Crippen molar-refractivity contribution >= 4 is 29.0 Å². The lowest BCUT2D eigenvalue weighted by molar-refractivity contribution is -0.142. The first kappa shape index (κ1) is 21.4. The molecule has 35 heavy (non-hydrogen) atoms. The number of amides is 2. The van der Waals surface area contributed by atoms with Crippen LogP contribution in [-0.4, -0.2) is 24.9 Å². The third-order valence-electron chi connectivity index (χ3n) is 7.27. The van der Waals surface area contributed by atoms with E-state index in [4.69, 9.17) is 9.47 Å². The molecule has 6 rings (SSSR count). The van der Waals surface area contributed by atoms with E-state index >= 15 is 0 Å². The van der Waals surface area contributed by atoms with Gasteiger partial charge in [-0.2, -0.15) is 0 Å². The van der Waals surface area contributed by atoms with Crippen LogP contribution in [0.15, 0.2) is 78.9 Å². The molecule has 0 spiro atoms. The average molecular weight is 466 g/mol. The molecule has 2 aliphatic heterocycles. The van der Waals surface area contributed by atoms with Gasteiger partial charge in [-0.1, -0.05) is 48.5 Å². The van der Waals surface area contributed by atoms with E-state index in [1.54, 1.807) is 31.4 Å². The Morgan fingerprint density at radius 2 is 1.57 bits per heavy atom. The van der Waals surface area contributed by atoms with Gasteiger partial charge < -0.3 is 9.47 Å². The summed E-state index contributed by atoms with van der Waals surface area (Å²) >= 11 is 0. The Morgan fingerprint density at radius 1 is 0.857 bits per heavy atom. The van der Waals surface area contributed by atoms with Crippen LogP contribution in [0, 0.1) is 24.7 Å². The summed E-state index contributed by atoms with van der Waals surface area (Å²) in [6, 6.07) is 22.2. The summed E-state index contributed by atoms with van der Waals surface area (Å²) in [5.74, 6) is -2.82. The number of nitrogens with zero attached hydrogens (tertiary/aromatic N) is 1. The van der Waals surface area contributed by atoms with E-state index in [0.717, 1.165) is 22.3 Å². The maximum atomic E-state index is 13.9. The van der Waals surface area contributed by atoms with Gasteiger partial charge >= 0.3 is 5.97 Å². The van der Waals surface area contributed by atoms with Crippen molar-refractivity contribution in [3.8, 4) is 11.5 Å².